The molecule has 0 fully saturated rings. The van der Waals surface area contributed by atoms with Crippen LogP contribution in [0.4, 0.5) is 5.69 Å². The number of rotatable bonds is 5. The second-order valence-corrected chi connectivity index (χ2v) is 8.15. The monoisotopic (exact) mass is 410 g/mol. The Labute approximate surface area is 174 Å². The smallest absolute Gasteiger partial charge is 0.306 e. The maximum atomic E-state index is 13.7. The van der Waals surface area contributed by atoms with Crippen LogP contribution in [-0.2, 0) is 19.7 Å². The SMILES string of the molecule is CCCCN1C(=O)C(C)(CC(=O)OC)c2nc3cc(Cl)ccc3c3cccc1c23. The Morgan fingerprint density at radius 3 is 2.76 bits per heavy atom. The molecule has 6 heteroatoms. The van der Waals surface area contributed by atoms with Crippen molar-refractivity contribution >= 4 is 50.8 Å². The normalized spacial score (nSPS) is 18.5. The second-order valence-electron chi connectivity index (χ2n) is 7.72. The summed E-state index contributed by atoms with van der Waals surface area (Å²) in [5.41, 5.74) is 1.07. The molecule has 150 valence electrons. The van der Waals surface area contributed by atoms with E-state index in [0.29, 0.717) is 22.8 Å². The third kappa shape index (κ3) is 3.04. The number of anilines is 1. The summed E-state index contributed by atoms with van der Waals surface area (Å²) in [6, 6.07) is 11.6. The maximum absolute atomic E-state index is 13.7. The van der Waals surface area contributed by atoms with Crippen molar-refractivity contribution in [2.45, 2.75) is 38.5 Å². The number of esters is 1. The van der Waals surface area contributed by atoms with Crippen molar-refractivity contribution in [1.82, 2.24) is 4.98 Å². The number of nitrogens with zero attached hydrogens (tertiary/aromatic N) is 2. The average molecular weight is 411 g/mol. The lowest BCUT2D eigenvalue weighted by Gasteiger charge is -2.39. The van der Waals surface area contributed by atoms with Gasteiger partial charge in [-0.15, -0.1) is 0 Å². The largest absolute Gasteiger partial charge is 0.469 e. The Balaban J connectivity index is 2.09. The highest BCUT2D eigenvalue weighted by Crippen LogP contribution is 2.46. The fourth-order valence-corrected chi connectivity index (χ4v) is 4.37. The van der Waals surface area contributed by atoms with Crippen LogP contribution < -0.4 is 4.90 Å². The van der Waals surface area contributed by atoms with Crippen LogP contribution in [0.5, 0.6) is 0 Å². The molecule has 3 aromatic rings. The topological polar surface area (TPSA) is 59.5 Å². The second kappa shape index (κ2) is 7.30. The molecule has 5 nitrogen and oxygen atoms in total. The molecule has 0 bridgehead atoms. The standard InChI is InChI=1S/C23H23ClN2O3/c1-4-5-11-26-18-8-6-7-16-15-10-9-14(24)12-17(15)25-21(20(16)18)23(2,22(26)28)13-19(27)29-3/h6-10,12H,4-5,11,13H2,1-3H3. The van der Waals surface area contributed by atoms with Crippen LogP contribution in [0.2, 0.25) is 5.02 Å². The lowest BCUT2D eigenvalue weighted by molar-refractivity contribution is -0.144. The van der Waals surface area contributed by atoms with Gasteiger partial charge in [-0.1, -0.05) is 43.1 Å². The van der Waals surface area contributed by atoms with E-state index in [1.165, 1.54) is 7.11 Å². The molecule has 1 unspecified atom stereocenters. The summed E-state index contributed by atoms with van der Waals surface area (Å²) < 4.78 is 4.91. The molecule has 0 saturated carbocycles. The van der Waals surface area contributed by atoms with E-state index in [0.717, 1.165) is 34.7 Å². The number of hydrogen-bond donors (Lipinski definition) is 0. The van der Waals surface area contributed by atoms with Crippen LogP contribution in [0.15, 0.2) is 36.4 Å². The Morgan fingerprint density at radius 2 is 2.03 bits per heavy atom. The molecular formula is C23H23ClN2O3. The summed E-state index contributed by atoms with van der Waals surface area (Å²) in [6.07, 6.45) is 1.78. The third-order valence-electron chi connectivity index (χ3n) is 5.75. The van der Waals surface area contributed by atoms with Crippen LogP contribution in [0, 0.1) is 0 Å². The van der Waals surface area contributed by atoms with E-state index in [-0.39, 0.29) is 12.3 Å². The number of aromatic nitrogens is 1. The Bertz CT molecular complexity index is 1140. The molecule has 29 heavy (non-hydrogen) atoms. The number of ether oxygens (including phenoxy) is 1. The molecule has 2 aromatic carbocycles. The van der Waals surface area contributed by atoms with Gasteiger partial charge in [0.05, 0.1) is 30.4 Å². The quantitative estimate of drug-likeness (QED) is 0.438. The van der Waals surface area contributed by atoms with Gasteiger partial charge in [0.2, 0.25) is 5.91 Å². The highest BCUT2D eigenvalue weighted by molar-refractivity contribution is 6.31. The van der Waals surface area contributed by atoms with Crippen LogP contribution in [0.25, 0.3) is 21.7 Å². The first-order valence-corrected chi connectivity index (χ1v) is 10.2. The number of fused-ring (bicyclic) bond motifs is 2. The molecule has 1 aliphatic rings. The predicted octanol–water partition coefficient (Wildman–Crippen LogP) is 5.01. The van der Waals surface area contributed by atoms with Crippen molar-refractivity contribution in [3.8, 4) is 0 Å². The van der Waals surface area contributed by atoms with Crippen LogP contribution in [0.1, 0.15) is 38.8 Å². The Kier molecular flexibility index (Phi) is 4.95. The van der Waals surface area contributed by atoms with Crippen molar-refractivity contribution in [2.75, 3.05) is 18.6 Å². The minimum atomic E-state index is -1.11. The number of pyridine rings is 1. The van der Waals surface area contributed by atoms with E-state index in [2.05, 4.69) is 6.92 Å². The first-order chi connectivity index (χ1) is 13.9. The number of methoxy groups -OCH3 is 1. The number of amides is 1. The van der Waals surface area contributed by atoms with Crippen molar-refractivity contribution in [1.29, 1.82) is 0 Å². The third-order valence-corrected chi connectivity index (χ3v) is 5.99. The van der Waals surface area contributed by atoms with Gasteiger partial charge in [0, 0.05) is 22.3 Å². The fourth-order valence-electron chi connectivity index (χ4n) is 4.21. The molecule has 2 heterocycles. The summed E-state index contributed by atoms with van der Waals surface area (Å²) in [5, 5.41) is 3.47. The van der Waals surface area contributed by atoms with Crippen molar-refractivity contribution in [3.05, 3.63) is 47.1 Å². The number of unbranched alkanes of at least 4 members (excludes halogenated alkanes) is 1. The highest BCUT2D eigenvalue weighted by Gasteiger charge is 2.47. The lowest BCUT2D eigenvalue weighted by Crippen LogP contribution is -2.50. The summed E-state index contributed by atoms with van der Waals surface area (Å²) in [7, 11) is 1.34. The number of halogens is 1. The zero-order valence-corrected chi connectivity index (χ0v) is 17.5. The highest BCUT2D eigenvalue weighted by atomic mass is 35.5. The van der Waals surface area contributed by atoms with E-state index in [4.69, 9.17) is 21.3 Å². The van der Waals surface area contributed by atoms with Crippen molar-refractivity contribution in [2.24, 2.45) is 0 Å². The van der Waals surface area contributed by atoms with Gasteiger partial charge < -0.3 is 9.64 Å². The Hall–Kier alpha value is -2.66. The molecule has 0 spiro atoms. The molecule has 1 amide bonds. The number of hydrogen-bond acceptors (Lipinski definition) is 4. The van der Waals surface area contributed by atoms with Crippen LogP contribution in [-0.4, -0.2) is 30.5 Å². The first kappa shape index (κ1) is 19.6. The first-order valence-electron chi connectivity index (χ1n) is 9.82. The maximum Gasteiger partial charge on any atom is 0.306 e. The summed E-state index contributed by atoms with van der Waals surface area (Å²) in [4.78, 5) is 32.6. The van der Waals surface area contributed by atoms with Crippen molar-refractivity contribution in [3.63, 3.8) is 0 Å². The average Bonchev–Trinajstić information content (AvgIpc) is 2.71. The van der Waals surface area contributed by atoms with Crippen molar-refractivity contribution < 1.29 is 14.3 Å². The molecule has 0 saturated heterocycles. The van der Waals surface area contributed by atoms with E-state index in [1.807, 2.05) is 35.2 Å². The van der Waals surface area contributed by atoms with Crippen LogP contribution in [0.3, 0.4) is 0 Å². The number of carbonyl (C=O) groups excluding carboxylic acids is 2. The van der Waals surface area contributed by atoms with E-state index >= 15 is 0 Å². The molecule has 4 rings (SSSR count). The number of carbonyl (C=O) groups is 2. The molecule has 0 aliphatic carbocycles. The summed E-state index contributed by atoms with van der Waals surface area (Å²) in [6.45, 7) is 4.48. The molecule has 1 atom stereocenters. The molecular weight excluding hydrogens is 388 g/mol. The van der Waals surface area contributed by atoms with Gasteiger partial charge in [-0.3, -0.25) is 14.6 Å². The zero-order valence-electron chi connectivity index (χ0n) is 16.8. The minimum Gasteiger partial charge on any atom is -0.469 e. The summed E-state index contributed by atoms with van der Waals surface area (Å²) in [5.74, 6) is -0.554. The van der Waals surface area contributed by atoms with E-state index < -0.39 is 11.4 Å². The molecule has 0 radical (unpaired) electrons. The minimum absolute atomic E-state index is 0.0620. The van der Waals surface area contributed by atoms with Gasteiger partial charge >= 0.3 is 5.97 Å². The van der Waals surface area contributed by atoms with E-state index in [9.17, 15) is 9.59 Å². The molecule has 0 N–H and O–H groups in total. The van der Waals surface area contributed by atoms with Crippen LogP contribution >= 0.6 is 11.6 Å². The Morgan fingerprint density at radius 1 is 1.24 bits per heavy atom. The zero-order chi connectivity index (χ0) is 20.8. The van der Waals surface area contributed by atoms with Gasteiger partial charge in [-0.05, 0) is 36.9 Å². The lowest BCUT2D eigenvalue weighted by atomic mass is 9.76. The molecule has 1 aromatic heterocycles. The molecule has 1 aliphatic heterocycles. The van der Waals surface area contributed by atoms with Gasteiger partial charge in [0.1, 0.15) is 5.41 Å². The van der Waals surface area contributed by atoms with Gasteiger partial charge in [0.15, 0.2) is 0 Å². The fraction of sp³-hybridized carbons (Fsp3) is 0.348. The summed E-state index contributed by atoms with van der Waals surface area (Å²) >= 11 is 6.21. The van der Waals surface area contributed by atoms with Gasteiger partial charge in [0.25, 0.3) is 0 Å². The number of benzene rings is 2. The van der Waals surface area contributed by atoms with Gasteiger partial charge in [-0.2, -0.15) is 0 Å². The van der Waals surface area contributed by atoms with Gasteiger partial charge in [-0.25, -0.2) is 0 Å². The van der Waals surface area contributed by atoms with E-state index in [1.54, 1.807) is 13.0 Å². The predicted molar refractivity (Wildman–Crippen MR) is 116 cm³/mol.